The van der Waals surface area contributed by atoms with Gasteiger partial charge in [0.1, 0.15) is 12.1 Å². The summed E-state index contributed by atoms with van der Waals surface area (Å²) in [6, 6.07) is -0.470. The number of piperazine rings is 1. The second kappa shape index (κ2) is 5.73. The van der Waals surface area contributed by atoms with Crippen molar-refractivity contribution in [1.82, 2.24) is 15.1 Å². The highest BCUT2D eigenvalue weighted by Crippen LogP contribution is 2.19. The van der Waals surface area contributed by atoms with Crippen LogP contribution >= 0.6 is 0 Å². The van der Waals surface area contributed by atoms with E-state index in [9.17, 15) is 14.4 Å². The Morgan fingerprint density at radius 1 is 1.58 bits per heavy atom. The summed E-state index contributed by atoms with van der Waals surface area (Å²) in [5, 5.41) is 11.5. The second-order valence-corrected chi connectivity index (χ2v) is 4.81. The third-order valence-electron chi connectivity index (χ3n) is 3.03. The van der Waals surface area contributed by atoms with E-state index in [1.54, 1.807) is 13.8 Å². The highest BCUT2D eigenvalue weighted by molar-refractivity contribution is 5.92. The first-order valence-electron chi connectivity index (χ1n) is 5.98. The van der Waals surface area contributed by atoms with E-state index in [0.717, 1.165) is 4.90 Å². The van der Waals surface area contributed by atoms with Crippen molar-refractivity contribution < 1.29 is 19.5 Å². The van der Waals surface area contributed by atoms with E-state index in [1.165, 1.54) is 11.0 Å². The SMILES string of the molecule is C=CCN(CC(=O)O)C(=O)N1CCNC(=O)C1(C)C. The smallest absolute Gasteiger partial charge is 0.323 e. The van der Waals surface area contributed by atoms with Crippen molar-refractivity contribution in [2.24, 2.45) is 0 Å². The van der Waals surface area contributed by atoms with Gasteiger partial charge in [-0.1, -0.05) is 6.08 Å². The minimum Gasteiger partial charge on any atom is -0.480 e. The number of carbonyl (C=O) groups is 3. The number of hydrogen-bond acceptors (Lipinski definition) is 3. The molecule has 0 aromatic carbocycles. The van der Waals surface area contributed by atoms with Crippen molar-refractivity contribution >= 4 is 17.9 Å². The largest absolute Gasteiger partial charge is 0.480 e. The molecule has 0 spiro atoms. The molecule has 0 unspecified atom stereocenters. The van der Waals surface area contributed by atoms with Crippen molar-refractivity contribution in [2.75, 3.05) is 26.2 Å². The van der Waals surface area contributed by atoms with Crippen molar-refractivity contribution in [3.63, 3.8) is 0 Å². The van der Waals surface area contributed by atoms with E-state index in [4.69, 9.17) is 5.11 Å². The number of carbonyl (C=O) groups excluding carboxylic acids is 2. The highest BCUT2D eigenvalue weighted by atomic mass is 16.4. The normalized spacial score (nSPS) is 17.6. The van der Waals surface area contributed by atoms with E-state index >= 15 is 0 Å². The molecule has 1 aliphatic rings. The minimum absolute atomic E-state index is 0.124. The summed E-state index contributed by atoms with van der Waals surface area (Å²) in [5.74, 6) is -1.35. The van der Waals surface area contributed by atoms with Crippen LogP contribution in [0.5, 0.6) is 0 Å². The molecular weight excluding hydrogens is 250 g/mol. The van der Waals surface area contributed by atoms with Crippen LogP contribution in [0.4, 0.5) is 4.79 Å². The van der Waals surface area contributed by atoms with Gasteiger partial charge in [0.25, 0.3) is 0 Å². The van der Waals surface area contributed by atoms with Crippen LogP contribution in [0.3, 0.4) is 0 Å². The number of carboxylic acids is 1. The zero-order chi connectivity index (χ0) is 14.6. The van der Waals surface area contributed by atoms with Crippen LogP contribution in [0.2, 0.25) is 0 Å². The molecule has 19 heavy (non-hydrogen) atoms. The maximum Gasteiger partial charge on any atom is 0.323 e. The number of nitrogens with one attached hydrogen (secondary N) is 1. The summed E-state index contributed by atoms with van der Waals surface area (Å²) in [6.45, 7) is 7.19. The minimum atomic E-state index is -1.10. The van der Waals surface area contributed by atoms with Gasteiger partial charge in [0, 0.05) is 19.6 Å². The number of nitrogens with zero attached hydrogens (tertiary/aromatic N) is 2. The Balaban J connectivity index is 2.91. The van der Waals surface area contributed by atoms with Crippen LogP contribution in [0.15, 0.2) is 12.7 Å². The zero-order valence-electron chi connectivity index (χ0n) is 11.2. The molecule has 0 radical (unpaired) electrons. The number of carboxylic acid groups (broad SMARTS) is 1. The van der Waals surface area contributed by atoms with Gasteiger partial charge in [0.15, 0.2) is 0 Å². The molecule has 0 aromatic heterocycles. The number of urea groups is 1. The highest BCUT2D eigenvalue weighted by Gasteiger charge is 2.42. The number of rotatable bonds is 4. The molecule has 106 valence electrons. The van der Waals surface area contributed by atoms with Crippen LogP contribution in [0.1, 0.15) is 13.8 Å². The van der Waals surface area contributed by atoms with Gasteiger partial charge in [-0.15, -0.1) is 6.58 Å². The predicted molar refractivity (Wildman–Crippen MR) is 68.6 cm³/mol. The fourth-order valence-corrected chi connectivity index (χ4v) is 1.93. The van der Waals surface area contributed by atoms with E-state index < -0.39 is 24.1 Å². The molecule has 0 aliphatic carbocycles. The van der Waals surface area contributed by atoms with Crippen molar-refractivity contribution in [1.29, 1.82) is 0 Å². The number of hydrogen-bond donors (Lipinski definition) is 2. The molecule has 0 atom stereocenters. The van der Waals surface area contributed by atoms with Crippen LogP contribution in [-0.4, -0.2) is 64.5 Å². The molecule has 0 saturated carbocycles. The van der Waals surface area contributed by atoms with Crippen molar-refractivity contribution in [3.05, 3.63) is 12.7 Å². The summed E-state index contributed by atoms with van der Waals surface area (Å²) in [6.07, 6.45) is 1.46. The van der Waals surface area contributed by atoms with Crippen LogP contribution in [0.25, 0.3) is 0 Å². The Bertz CT molecular complexity index is 406. The average molecular weight is 269 g/mol. The molecule has 1 rings (SSSR count). The van der Waals surface area contributed by atoms with Gasteiger partial charge in [-0.05, 0) is 13.8 Å². The summed E-state index contributed by atoms with van der Waals surface area (Å²) in [7, 11) is 0. The molecule has 1 aliphatic heterocycles. The van der Waals surface area contributed by atoms with Crippen molar-refractivity contribution in [2.45, 2.75) is 19.4 Å². The Labute approximate surface area is 111 Å². The van der Waals surface area contributed by atoms with E-state index in [0.29, 0.717) is 13.1 Å². The Morgan fingerprint density at radius 2 is 2.21 bits per heavy atom. The molecule has 3 amide bonds. The van der Waals surface area contributed by atoms with Crippen molar-refractivity contribution in [3.8, 4) is 0 Å². The summed E-state index contributed by atoms with van der Waals surface area (Å²) < 4.78 is 0. The first-order valence-corrected chi connectivity index (χ1v) is 5.98. The Kier molecular flexibility index (Phi) is 4.52. The number of aliphatic carboxylic acids is 1. The van der Waals surface area contributed by atoms with Crippen LogP contribution < -0.4 is 5.32 Å². The lowest BCUT2D eigenvalue weighted by Gasteiger charge is -2.43. The molecule has 2 N–H and O–H groups in total. The molecular formula is C12H19N3O4. The van der Waals surface area contributed by atoms with E-state index in [1.807, 2.05) is 0 Å². The lowest BCUT2D eigenvalue weighted by molar-refractivity contribution is -0.137. The monoisotopic (exact) mass is 269 g/mol. The van der Waals surface area contributed by atoms with Gasteiger partial charge in [-0.3, -0.25) is 9.59 Å². The second-order valence-electron chi connectivity index (χ2n) is 4.81. The first-order chi connectivity index (χ1) is 8.80. The topological polar surface area (TPSA) is 90.0 Å². The molecule has 7 nitrogen and oxygen atoms in total. The van der Waals surface area contributed by atoms with Gasteiger partial charge in [-0.25, -0.2) is 4.79 Å². The predicted octanol–water partition coefficient (Wildman–Crippen LogP) is -0.111. The quantitative estimate of drug-likeness (QED) is 0.697. The average Bonchev–Trinajstić information content (AvgIpc) is 2.31. The molecule has 7 heteroatoms. The van der Waals surface area contributed by atoms with E-state index in [2.05, 4.69) is 11.9 Å². The fourth-order valence-electron chi connectivity index (χ4n) is 1.93. The lowest BCUT2D eigenvalue weighted by atomic mass is 9.99. The van der Waals surface area contributed by atoms with Gasteiger partial charge in [0.2, 0.25) is 5.91 Å². The third-order valence-corrected chi connectivity index (χ3v) is 3.03. The molecule has 0 bridgehead atoms. The molecule has 1 heterocycles. The first kappa shape index (κ1) is 15.0. The maximum absolute atomic E-state index is 12.3. The standard InChI is InChI=1S/C12H19N3O4/c1-4-6-14(8-9(16)17)11(19)15-7-5-13-10(18)12(15,2)3/h4H,1,5-8H2,2-3H3,(H,13,18)(H,16,17). The van der Waals surface area contributed by atoms with Gasteiger partial charge in [0.05, 0.1) is 0 Å². The van der Waals surface area contributed by atoms with E-state index in [-0.39, 0.29) is 12.5 Å². The zero-order valence-corrected chi connectivity index (χ0v) is 11.2. The lowest BCUT2D eigenvalue weighted by Crippen LogP contribution is -2.65. The Hall–Kier alpha value is -2.05. The fraction of sp³-hybridized carbons (Fsp3) is 0.583. The molecule has 1 fully saturated rings. The summed E-state index contributed by atoms with van der Waals surface area (Å²) >= 11 is 0. The van der Waals surface area contributed by atoms with Gasteiger partial charge < -0.3 is 20.2 Å². The summed E-state index contributed by atoms with van der Waals surface area (Å²) in [5.41, 5.74) is -0.993. The van der Waals surface area contributed by atoms with Crippen LogP contribution in [0, 0.1) is 0 Å². The number of amides is 3. The molecule has 0 aromatic rings. The third kappa shape index (κ3) is 3.24. The van der Waals surface area contributed by atoms with Gasteiger partial charge in [-0.2, -0.15) is 0 Å². The summed E-state index contributed by atoms with van der Waals surface area (Å²) in [4.78, 5) is 37.4. The Morgan fingerprint density at radius 3 is 2.74 bits per heavy atom. The van der Waals surface area contributed by atoms with Crippen LogP contribution in [-0.2, 0) is 9.59 Å². The van der Waals surface area contributed by atoms with Gasteiger partial charge >= 0.3 is 12.0 Å². The molecule has 1 saturated heterocycles. The maximum atomic E-state index is 12.3.